The van der Waals surface area contributed by atoms with Gasteiger partial charge in [0.1, 0.15) is 11.5 Å². The molecule has 0 atom stereocenters. The van der Waals surface area contributed by atoms with Crippen LogP contribution in [0.2, 0.25) is 0 Å². The second kappa shape index (κ2) is 6.96. The Kier molecular flexibility index (Phi) is 4.49. The lowest BCUT2D eigenvalue weighted by molar-refractivity contribution is 0.102. The minimum absolute atomic E-state index is 0.224. The monoisotopic (exact) mass is 379 g/mol. The van der Waals surface area contributed by atoms with Crippen LogP contribution in [0.4, 0.5) is 10.1 Å². The van der Waals surface area contributed by atoms with Gasteiger partial charge in [0.25, 0.3) is 5.91 Å². The number of pyridine rings is 1. The molecule has 0 radical (unpaired) electrons. The first-order valence-corrected chi connectivity index (χ1v) is 9.53. The predicted molar refractivity (Wildman–Crippen MR) is 108 cm³/mol. The summed E-state index contributed by atoms with van der Waals surface area (Å²) in [7, 11) is 0. The van der Waals surface area contributed by atoms with E-state index in [9.17, 15) is 9.18 Å². The lowest BCUT2D eigenvalue weighted by Gasteiger charge is -2.12. The van der Waals surface area contributed by atoms with E-state index in [0.29, 0.717) is 11.3 Å². The quantitative estimate of drug-likeness (QED) is 0.492. The number of benzene rings is 1. The molecule has 0 aliphatic rings. The number of carbonyl (C=O) groups excluding carboxylic acids is 1. The minimum atomic E-state index is -0.340. The second-order valence-electron chi connectivity index (χ2n) is 6.55. The summed E-state index contributed by atoms with van der Waals surface area (Å²) >= 11 is 1.58. The highest BCUT2D eigenvalue weighted by molar-refractivity contribution is 7.13. The topological polar surface area (TPSA) is 46.9 Å². The van der Waals surface area contributed by atoms with Crippen LogP contribution in [0.5, 0.6) is 0 Å². The van der Waals surface area contributed by atoms with Crippen molar-refractivity contribution < 1.29 is 9.18 Å². The van der Waals surface area contributed by atoms with Crippen LogP contribution < -0.4 is 5.32 Å². The van der Waals surface area contributed by atoms with Gasteiger partial charge in [-0.3, -0.25) is 4.79 Å². The van der Waals surface area contributed by atoms with Crippen molar-refractivity contribution in [1.29, 1.82) is 0 Å². The number of hydrogen-bond donors (Lipinski definition) is 1. The Morgan fingerprint density at radius 1 is 1.19 bits per heavy atom. The highest BCUT2D eigenvalue weighted by Gasteiger charge is 2.18. The van der Waals surface area contributed by atoms with Gasteiger partial charge in [-0.15, -0.1) is 11.3 Å². The summed E-state index contributed by atoms with van der Waals surface area (Å²) in [5.74, 6) is -0.582. The number of thiophene rings is 1. The fourth-order valence-corrected chi connectivity index (χ4v) is 3.70. The van der Waals surface area contributed by atoms with E-state index < -0.39 is 0 Å². The van der Waals surface area contributed by atoms with Crippen molar-refractivity contribution in [1.82, 2.24) is 9.55 Å². The van der Waals surface area contributed by atoms with Crippen LogP contribution in [0.1, 0.15) is 30.2 Å². The van der Waals surface area contributed by atoms with Gasteiger partial charge in [-0.1, -0.05) is 6.07 Å². The number of anilines is 1. The van der Waals surface area contributed by atoms with Crippen LogP contribution >= 0.6 is 11.3 Å². The summed E-state index contributed by atoms with van der Waals surface area (Å²) < 4.78 is 15.2. The third-order valence-electron chi connectivity index (χ3n) is 4.36. The standard InChI is InChI=1S/C21H18FN3OS/c1-13(2)25-10-9-16-17(21(26)23-15-7-5-14(22)6-8-15)12-18(24-20(16)25)19-4-3-11-27-19/h3-13H,1-2H3,(H,23,26). The maximum Gasteiger partial charge on any atom is 0.256 e. The highest BCUT2D eigenvalue weighted by Crippen LogP contribution is 2.30. The van der Waals surface area contributed by atoms with Gasteiger partial charge in [0.05, 0.1) is 16.1 Å². The molecule has 27 heavy (non-hydrogen) atoms. The maximum atomic E-state index is 13.1. The number of amides is 1. The summed E-state index contributed by atoms with van der Waals surface area (Å²) in [6, 6.07) is 13.7. The Bertz CT molecular complexity index is 1100. The Morgan fingerprint density at radius 3 is 2.63 bits per heavy atom. The molecule has 0 saturated carbocycles. The molecule has 0 spiro atoms. The number of aromatic nitrogens is 2. The molecule has 4 nitrogen and oxygen atoms in total. The minimum Gasteiger partial charge on any atom is -0.330 e. The molecule has 0 saturated heterocycles. The Morgan fingerprint density at radius 2 is 1.96 bits per heavy atom. The smallest absolute Gasteiger partial charge is 0.256 e. The fourth-order valence-electron chi connectivity index (χ4n) is 3.01. The van der Waals surface area contributed by atoms with E-state index in [1.807, 2.05) is 35.8 Å². The molecule has 3 heterocycles. The van der Waals surface area contributed by atoms with E-state index in [1.165, 1.54) is 12.1 Å². The number of hydrogen-bond acceptors (Lipinski definition) is 3. The van der Waals surface area contributed by atoms with Gasteiger partial charge in [0, 0.05) is 23.3 Å². The van der Waals surface area contributed by atoms with Crippen LogP contribution in [-0.2, 0) is 0 Å². The molecule has 0 fully saturated rings. The summed E-state index contributed by atoms with van der Waals surface area (Å²) in [4.78, 5) is 18.8. The largest absolute Gasteiger partial charge is 0.330 e. The lowest BCUT2D eigenvalue weighted by Crippen LogP contribution is -2.13. The van der Waals surface area contributed by atoms with Crippen LogP contribution in [0, 0.1) is 5.82 Å². The zero-order valence-electron chi connectivity index (χ0n) is 14.9. The predicted octanol–water partition coefficient (Wildman–Crippen LogP) is 5.74. The number of carbonyl (C=O) groups is 1. The van der Waals surface area contributed by atoms with Crippen molar-refractivity contribution >= 4 is 34.0 Å². The SMILES string of the molecule is CC(C)n1ccc2c(C(=O)Nc3ccc(F)cc3)cc(-c3cccs3)nc21. The van der Waals surface area contributed by atoms with Crippen LogP contribution in [0.15, 0.2) is 60.1 Å². The van der Waals surface area contributed by atoms with Crippen LogP contribution in [0.3, 0.4) is 0 Å². The Hall–Kier alpha value is -2.99. The molecule has 0 unspecified atom stereocenters. The molecule has 0 bridgehead atoms. The summed E-state index contributed by atoms with van der Waals surface area (Å²) in [6.45, 7) is 4.16. The zero-order chi connectivity index (χ0) is 19.0. The molecule has 3 aromatic heterocycles. The van der Waals surface area contributed by atoms with E-state index in [1.54, 1.807) is 23.5 Å². The maximum absolute atomic E-state index is 13.1. The molecule has 4 rings (SSSR count). The molecule has 1 N–H and O–H groups in total. The van der Waals surface area contributed by atoms with E-state index in [0.717, 1.165) is 21.6 Å². The fraction of sp³-hybridized carbons (Fsp3) is 0.143. The number of fused-ring (bicyclic) bond motifs is 1. The molecule has 6 heteroatoms. The van der Waals surface area contributed by atoms with Crippen LogP contribution in [-0.4, -0.2) is 15.5 Å². The highest BCUT2D eigenvalue weighted by atomic mass is 32.1. The molecule has 1 aromatic carbocycles. The number of nitrogens with zero attached hydrogens (tertiary/aromatic N) is 2. The lowest BCUT2D eigenvalue weighted by atomic mass is 10.1. The van der Waals surface area contributed by atoms with E-state index in [-0.39, 0.29) is 17.8 Å². The average molecular weight is 379 g/mol. The zero-order valence-corrected chi connectivity index (χ0v) is 15.8. The van der Waals surface area contributed by atoms with Crippen molar-refractivity contribution in [2.45, 2.75) is 19.9 Å². The molecule has 0 aliphatic carbocycles. The number of nitrogens with one attached hydrogen (secondary N) is 1. The Labute approximate surface area is 160 Å². The van der Waals surface area contributed by atoms with E-state index >= 15 is 0 Å². The number of rotatable bonds is 4. The summed E-state index contributed by atoms with van der Waals surface area (Å²) in [6.07, 6.45) is 1.95. The molecular formula is C21H18FN3OS. The molecular weight excluding hydrogens is 361 g/mol. The molecule has 136 valence electrons. The van der Waals surface area contributed by atoms with Crippen molar-refractivity contribution in [2.75, 3.05) is 5.32 Å². The molecule has 1 amide bonds. The van der Waals surface area contributed by atoms with Gasteiger partial charge in [0.15, 0.2) is 0 Å². The van der Waals surface area contributed by atoms with Gasteiger partial charge >= 0.3 is 0 Å². The first-order chi connectivity index (χ1) is 13.0. The van der Waals surface area contributed by atoms with Crippen molar-refractivity contribution in [3.63, 3.8) is 0 Å². The molecule has 4 aromatic rings. The average Bonchev–Trinajstić information content (AvgIpc) is 3.32. The van der Waals surface area contributed by atoms with Gasteiger partial charge in [-0.25, -0.2) is 9.37 Å². The van der Waals surface area contributed by atoms with Crippen LogP contribution in [0.25, 0.3) is 21.6 Å². The van der Waals surface area contributed by atoms with Gasteiger partial charge in [-0.05, 0) is 61.7 Å². The van der Waals surface area contributed by atoms with Crippen molar-refractivity contribution in [2.24, 2.45) is 0 Å². The van der Waals surface area contributed by atoms with E-state index in [2.05, 4.69) is 23.7 Å². The first-order valence-electron chi connectivity index (χ1n) is 8.65. The van der Waals surface area contributed by atoms with Crippen molar-refractivity contribution in [3.8, 4) is 10.6 Å². The van der Waals surface area contributed by atoms with E-state index in [4.69, 9.17) is 4.98 Å². The summed E-state index contributed by atoms with van der Waals surface area (Å²) in [5, 5.41) is 5.63. The first kappa shape index (κ1) is 17.4. The van der Waals surface area contributed by atoms with Gasteiger partial charge in [0.2, 0.25) is 0 Å². The van der Waals surface area contributed by atoms with Crippen molar-refractivity contribution in [3.05, 3.63) is 71.5 Å². The van der Waals surface area contributed by atoms with Gasteiger partial charge in [-0.2, -0.15) is 0 Å². The normalized spacial score (nSPS) is 11.3. The second-order valence-corrected chi connectivity index (χ2v) is 7.50. The third-order valence-corrected chi connectivity index (χ3v) is 5.25. The Balaban J connectivity index is 1.82. The molecule has 0 aliphatic heterocycles. The number of halogens is 1. The summed E-state index contributed by atoms with van der Waals surface area (Å²) in [5.41, 5.74) is 2.64. The van der Waals surface area contributed by atoms with Gasteiger partial charge < -0.3 is 9.88 Å². The third kappa shape index (κ3) is 3.36.